The van der Waals surface area contributed by atoms with Crippen LogP contribution in [0.25, 0.3) is 0 Å². The largest absolute Gasteiger partial charge is 0.490 e. The lowest BCUT2D eigenvalue weighted by Crippen LogP contribution is -2.09. The summed E-state index contributed by atoms with van der Waals surface area (Å²) >= 11 is 0. The number of rotatable bonds is 10. The molecule has 3 rings (SSSR count). The van der Waals surface area contributed by atoms with Gasteiger partial charge in [0.25, 0.3) is 0 Å². The number of benzene rings is 3. The van der Waals surface area contributed by atoms with Crippen molar-refractivity contribution in [3.63, 3.8) is 0 Å². The molecule has 3 aromatic rings. The van der Waals surface area contributed by atoms with Crippen molar-refractivity contribution in [2.24, 2.45) is 0 Å². The highest BCUT2D eigenvalue weighted by molar-refractivity contribution is 5.92. The summed E-state index contributed by atoms with van der Waals surface area (Å²) < 4.78 is 16.2. The average Bonchev–Trinajstić information content (AvgIpc) is 2.83. The molecule has 5 nitrogen and oxygen atoms in total. The van der Waals surface area contributed by atoms with Gasteiger partial charge in [-0.25, -0.2) is 9.59 Å². The van der Waals surface area contributed by atoms with Gasteiger partial charge >= 0.3 is 11.9 Å². The molecule has 5 heteroatoms. The Labute approximate surface area is 188 Å². The van der Waals surface area contributed by atoms with Crippen molar-refractivity contribution in [3.8, 4) is 17.2 Å². The minimum atomic E-state index is -0.492. The maximum atomic E-state index is 12.4. The van der Waals surface area contributed by atoms with Gasteiger partial charge in [-0.1, -0.05) is 38.1 Å². The number of carbonyl (C=O) groups excluding carboxylic acids is 2. The van der Waals surface area contributed by atoms with E-state index in [0.29, 0.717) is 35.0 Å². The van der Waals surface area contributed by atoms with E-state index in [1.54, 1.807) is 66.7 Å². The molecule has 0 saturated carbocycles. The number of esters is 2. The monoisotopic (exact) mass is 430 g/mol. The zero-order valence-electron chi connectivity index (χ0n) is 18.1. The molecular formula is C27H26O5. The molecule has 0 aliphatic carbocycles. The van der Waals surface area contributed by atoms with Crippen LogP contribution in [0.3, 0.4) is 0 Å². The first kappa shape index (κ1) is 22.8. The molecular weight excluding hydrogens is 404 g/mol. The van der Waals surface area contributed by atoms with Crippen LogP contribution >= 0.6 is 0 Å². The van der Waals surface area contributed by atoms with Crippen molar-refractivity contribution in [1.29, 1.82) is 0 Å². The zero-order chi connectivity index (χ0) is 22.8. The second kappa shape index (κ2) is 11.5. The fourth-order valence-corrected chi connectivity index (χ4v) is 2.94. The van der Waals surface area contributed by atoms with E-state index < -0.39 is 11.9 Å². The van der Waals surface area contributed by atoms with Crippen LogP contribution in [0.1, 0.15) is 46.0 Å². The first-order chi connectivity index (χ1) is 15.6. The number of hydrogen-bond donors (Lipinski definition) is 0. The van der Waals surface area contributed by atoms with E-state index in [1.165, 1.54) is 5.56 Å². The van der Waals surface area contributed by atoms with Gasteiger partial charge in [-0.05, 0) is 79.1 Å². The first-order valence-electron chi connectivity index (χ1n) is 10.6. The Balaban J connectivity index is 1.54. The summed E-state index contributed by atoms with van der Waals surface area (Å²) in [5.74, 6) is 0.433. The van der Waals surface area contributed by atoms with Gasteiger partial charge in [0.2, 0.25) is 0 Å². The molecule has 164 valence electrons. The maximum Gasteiger partial charge on any atom is 0.343 e. The second-order valence-electron chi connectivity index (χ2n) is 7.17. The molecule has 32 heavy (non-hydrogen) atoms. The molecule has 0 radical (unpaired) electrons. The highest BCUT2D eigenvalue weighted by Crippen LogP contribution is 2.21. The van der Waals surface area contributed by atoms with Gasteiger partial charge in [-0.2, -0.15) is 0 Å². The lowest BCUT2D eigenvalue weighted by atomic mass is 10.1. The quantitative estimate of drug-likeness (QED) is 0.223. The summed E-state index contributed by atoms with van der Waals surface area (Å²) in [6, 6.07) is 20.4. The van der Waals surface area contributed by atoms with Gasteiger partial charge in [0.15, 0.2) is 0 Å². The van der Waals surface area contributed by atoms with Crippen molar-refractivity contribution in [1.82, 2.24) is 0 Å². The Morgan fingerprint density at radius 3 is 1.69 bits per heavy atom. The molecule has 3 aromatic carbocycles. The summed E-state index contributed by atoms with van der Waals surface area (Å²) in [6.45, 7) is 6.13. The van der Waals surface area contributed by atoms with E-state index >= 15 is 0 Å². The van der Waals surface area contributed by atoms with Crippen LogP contribution in [0.2, 0.25) is 0 Å². The van der Waals surface area contributed by atoms with Crippen molar-refractivity contribution in [3.05, 3.63) is 102 Å². The molecule has 0 fully saturated rings. The van der Waals surface area contributed by atoms with Crippen LogP contribution in [0.15, 0.2) is 85.5 Å². The molecule has 0 aromatic heterocycles. The number of hydrogen-bond acceptors (Lipinski definition) is 5. The number of unbranched alkanes of at least 4 members (excludes halogenated alkanes) is 1. The van der Waals surface area contributed by atoms with Gasteiger partial charge < -0.3 is 14.2 Å². The molecule has 0 saturated heterocycles. The van der Waals surface area contributed by atoms with Crippen LogP contribution in [0.5, 0.6) is 17.2 Å². The van der Waals surface area contributed by atoms with Crippen molar-refractivity contribution in [2.75, 3.05) is 6.61 Å². The molecule has 0 unspecified atom stereocenters. The molecule has 0 aliphatic heterocycles. The third-order valence-corrected chi connectivity index (χ3v) is 4.71. The minimum absolute atomic E-state index is 0.349. The minimum Gasteiger partial charge on any atom is -0.490 e. The molecule has 0 amide bonds. The van der Waals surface area contributed by atoms with E-state index in [4.69, 9.17) is 14.2 Å². The van der Waals surface area contributed by atoms with E-state index in [-0.39, 0.29) is 0 Å². The van der Waals surface area contributed by atoms with Gasteiger partial charge in [0.05, 0.1) is 11.1 Å². The zero-order valence-corrected chi connectivity index (χ0v) is 18.1. The molecule has 0 heterocycles. The second-order valence-corrected chi connectivity index (χ2v) is 7.17. The van der Waals surface area contributed by atoms with Gasteiger partial charge in [-0.15, -0.1) is 0 Å². The summed E-state index contributed by atoms with van der Waals surface area (Å²) in [5.41, 5.74) is 2.09. The highest BCUT2D eigenvalue weighted by atomic mass is 16.5. The average molecular weight is 431 g/mol. The predicted octanol–water partition coefficient (Wildman–Crippen LogP) is 6.03. The Bertz CT molecular complexity index is 1030. The standard InChI is InChI=1S/C27H26O5/c1-3-5-6-20-7-9-21(10-8-20)26(28)31-24-15-17-25(18-16-24)32-27(29)22-11-13-23(14-12-22)30-19-4-2/h4,7-18H,2-3,5-6,19H2,1H3. The van der Waals surface area contributed by atoms with Crippen molar-refractivity contribution >= 4 is 11.9 Å². The summed E-state index contributed by atoms with van der Waals surface area (Å²) in [7, 11) is 0. The fraction of sp³-hybridized carbons (Fsp3) is 0.185. The van der Waals surface area contributed by atoms with Crippen molar-refractivity contribution < 1.29 is 23.8 Å². The third-order valence-electron chi connectivity index (χ3n) is 4.71. The highest BCUT2D eigenvalue weighted by Gasteiger charge is 2.11. The Kier molecular flexibility index (Phi) is 8.21. The summed E-state index contributed by atoms with van der Waals surface area (Å²) in [4.78, 5) is 24.7. The fourth-order valence-electron chi connectivity index (χ4n) is 2.94. The SMILES string of the molecule is C=CCOc1ccc(C(=O)Oc2ccc(OC(=O)c3ccc(CCCC)cc3)cc2)cc1. The van der Waals surface area contributed by atoms with E-state index in [9.17, 15) is 9.59 Å². The molecule has 0 atom stereocenters. The molecule has 0 spiro atoms. The third kappa shape index (κ3) is 6.57. The number of carbonyl (C=O) groups is 2. The van der Waals surface area contributed by atoms with Crippen LogP contribution in [-0.2, 0) is 6.42 Å². The summed E-state index contributed by atoms with van der Waals surface area (Å²) in [6.07, 6.45) is 4.90. The molecule has 0 N–H and O–H groups in total. The topological polar surface area (TPSA) is 61.8 Å². The van der Waals surface area contributed by atoms with Crippen LogP contribution < -0.4 is 14.2 Å². The number of aryl methyl sites for hydroxylation is 1. The molecule has 0 aliphatic rings. The van der Waals surface area contributed by atoms with E-state index in [1.807, 2.05) is 12.1 Å². The predicted molar refractivity (Wildman–Crippen MR) is 124 cm³/mol. The number of ether oxygens (including phenoxy) is 3. The first-order valence-corrected chi connectivity index (χ1v) is 10.6. The molecule has 0 bridgehead atoms. The Hall–Kier alpha value is -3.86. The smallest absolute Gasteiger partial charge is 0.343 e. The lowest BCUT2D eigenvalue weighted by Gasteiger charge is -2.08. The Morgan fingerprint density at radius 2 is 1.22 bits per heavy atom. The van der Waals surface area contributed by atoms with E-state index in [2.05, 4.69) is 13.5 Å². The summed E-state index contributed by atoms with van der Waals surface area (Å²) in [5, 5.41) is 0. The van der Waals surface area contributed by atoms with Gasteiger partial charge in [0, 0.05) is 0 Å². The Morgan fingerprint density at radius 1 is 0.750 bits per heavy atom. The lowest BCUT2D eigenvalue weighted by molar-refractivity contribution is 0.0719. The van der Waals surface area contributed by atoms with Crippen molar-refractivity contribution in [2.45, 2.75) is 26.2 Å². The maximum absolute atomic E-state index is 12.4. The normalized spacial score (nSPS) is 10.3. The van der Waals surface area contributed by atoms with Crippen LogP contribution in [-0.4, -0.2) is 18.5 Å². The van der Waals surface area contributed by atoms with Crippen LogP contribution in [0.4, 0.5) is 0 Å². The van der Waals surface area contributed by atoms with E-state index in [0.717, 1.165) is 19.3 Å². The van der Waals surface area contributed by atoms with Gasteiger partial charge in [0.1, 0.15) is 23.9 Å². The van der Waals surface area contributed by atoms with Crippen LogP contribution in [0, 0.1) is 0 Å². The van der Waals surface area contributed by atoms with Gasteiger partial charge in [-0.3, -0.25) is 0 Å².